The van der Waals surface area contributed by atoms with Crippen molar-refractivity contribution in [1.82, 2.24) is 10.2 Å². The van der Waals surface area contributed by atoms with Gasteiger partial charge in [0.15, 0.2) is 0 Å². The molecule has 1 aliphatic heterocycles. The molecule has 2 aliphatic rings. The molecule has 1 heterocycles. The van der Waals surface area contributed by atoms with E-state index in [0.717, 1.165) is 18.0 Å². The molecule has 0 bridgehead atoms. The predicted octanol–water partition coefficient (Wildman–Crippen LogP) is 2.62. The lowest BCUT2D eigenvalue weighted by molar-refractivity contribution is 0.0637. The zero-order chi connectivity index (χ0) is 12.4. The second-order valence-electron chi connectivity index (χ2n) is 5.86. The minimum absolute atomic E-state index is 0.771. The number of rotatable bonds is 3. The maximum Gasteiger partial charge on any atom is 0.00969 e. The molecule has 1 aliphatic carbocycles. The Labute approximate surface area is 110 Å². The van der Waals surface area contributed by atoms with E-state index in [1.807, 2.05) is 0 Å². The van der Waals surface area contributed by atoms with Crippen molar-refractivity contribution in [2.75, 3.05) is 20.1 Å². The van der Waals surface area contributed by atoms with Crippen LogP contribution in [-0.4, -0.2) is 37.1 Å². The van der Waals surface area contributed by atoms with E-state index in [1.165, 1.54) is 44.3 Å². The Hall–Kier alpha value is -0.860. The van der Waals surface area contributed by atoms with Crippen LogP contribution in [0.4, 0.5) is 0 Å². The average Bonchev–Trinajstić information content (AvgIpc) is 2.39. The summed E-state index contributed by atoms with van der Waals surface area (Å²) in [5.41, 5.74) is 1.53. The van der Waals surface area contributed by atoms with E-state index in [1.54, 1.807) is 0 Å². The summed E-state index contributed by atoms with van der Waals surface area (Å²) < 4.78 is 0. The monoisotopic (exact) mass is 244 g/mol. The topological polar surface area (TPSA) is 15.3 Å². The van der Waals surface area contributed by atoms with Crippen molar-refractivity contribution in [2.24, 2.45) is 0 Å². The molecule has 1 saturated carbocycles. The van der Waals surface area contributed by atoms with Gasteiger partial charge >= 0.3 is 0 Å². The molecule has 0 aromatic heterocycles. The van der Waals surface area contributed by atoms with E-state index in [4.69, 9.17) is 0 Å². The number of hydrogen-bond acceptors (Lipinski definition) is 2. The van der Waals surface area contributed by atoms with Crippen LogP contribution in [0.1, 0.15) is 37.2 Å². The maximum absolute atomic E-state index is 3.42. The smallest absolute Gasteiger partial charge is 0.00969 e. The molecule has 1 aromatic carbocycles. The first-order valence-corrected chi connectivity index (χ1v) is 7.33. The molecule has 0 unspecified atom stereocenters. The van der Waals surface area contributed by atoms with Crippen LogP contribution in [0, 0.1) is 0 Å². The first kappa shape index (κ1) is 12.2. The molecule has 0 spiro atoms. The number of likely N-dealkylation sites (tertiary alicyclic amines) is 1. The van der Waals surface area contributed by atoms with Crippen LogP contribution in [-0.2, 0) is 0 Å². The molecule has 2 fully saturated rings. The van der Waals surface area contributed by atoms with Gasteiger partial charge in [-0.1, -0.05) is 30.3 Å². The molecule has 98 valence electrons. The molecule has 2 nitrogen and oxygen atoms in total. The highest BCUT2D eigenvalue weighted by molar-refractivity contribution is 5.22. The van der Waals surface area contributed by atoms with Gasteiger partial charge in [-0.15, -0.1) is 0 Å². The van der Waals surface area contributed by atoms with Gasteiger partial charge in [0.25, 0.3) is 0 Å². The Morgan fingerprint density at radius 3 is 2.28 bits per heavy atom. The number of hydrogen-bond donors (Lipinski definition) is 1. The van der Waals surface area contributed by atoms with Crippen LogP contribution in [0.2, 0.25) is 0 Å². The molecule has 0 radical (unpaired) electrons. The minimum Gasteiger partial charge on any atom is -0.317 e. The van der Waals surface area contributed by atoms with Gasteiger partial charge in [0.1, 0.15) is 0 Å². The predicted molar refractivity (Wildman–Crippen MR) is 75.9 cm³/mol. The van der Waals surface area contributed by atoms with Crippen molar-refractivity contribution >= 4 is 0 Å². The van der Waals surface area contributed by atoms with Gasteiger partial charge in [-0.25, -0.2) is 0 Å². The van der Waals surface area contributed by atoms with Crippen LogP contribution >= 0.6 is 0 Å². The molecule has 1 aromatic rings. The van der Waals surface area contributed by atoms with Gasteiger partial charge in [0.2, 0.25) is 0 Å². The Kier molecular flexibility index (Phi) is 3.67. The highest BCUT2D eigenvalue weighted by Crippen LogP contribution is 2.33. The van der Waals surface area contributed by atoms with Crippen LogP contribution in [0.25, 0.3) is 0 Å². The van der Waals surface area contributed by atoms with Gasteiger partial charge in [-0.2, -0.15) is 0 Å². The fourth-order valence-corrected chi connectivity index (χ4v) is 3.48. The van der Waals surface area contributed by atoms with Crippen molar-refractivity contribution in [3.63, 3.8) is 0 Å². The molecule has 3 rings (SSSR count). The van der Waals surface area contributed by atoms with Crippen molar-refractivity contribution < 1.29 is 0 Å². The van der Waals surface area contributed by atoms with Gasteiger partial charge in [-0.3, -0.25) is 4.90 Å². The van der Waals surface area contributed by atoms with Crippen LogP contribution in [0.5, 0.6) is 0 Å². The Morgan fingerprint density at radius 1 is 1.00 bits per heavy atom. The number of nitrogens with zero attached hydrogens (tertiary/aromatic N) is 1. The molecular formula is C16H24N2. The van der Waals surface area contributed by atoms with E-state index in [0.29, 0.717) is 0 Å². The largest absolute Gasteiger partial charge is 0.317 e. The average molecular weight is 244 g/mol. The quantitative estimate of drug-likeness (QED) is 0.879. The van der Waals surface area contributed by atoms with E-state index in [9.17, 15) is 0 Å². The minimum atomic E-state index is 0.771. The van der Waals surface area contributed by atoms with Gasteiger partial charge in [-0.05, 0) is 38.3 Å². The fourth-order valence-electron chi connectivity index (χ4n) is 3.48. The molecule has 1 N–H and O–H groups in total. The van der Waals surface area contributed by atoms with E-state index < -0.39 is 0 Å². The lowest BCUT2D eigenvalue weighted by Crippen LogP contribution is -2.52. The molecule has 2 heteroatoms. The summed E-state index contributed by atoms with van der Waals surface area (Å²) in [6, 6.07) is 12.6. The third-order valence-electron chi connectivity index (χ3n) is 4.80. The highest BCUT2D eigenvalue weighted by Gasteiger charge is 2.34. The zero-order valence-electron chi connectivity index (χ0n) is 11.3. The molecule has 0 atom stereocenters. The lowest BCUT2D eigenvalue weighted by Gasteiger charge is -2.47. The summed E-state index contributed by atoms with van der Waals surface area (Å²) >= 11 is 0. The summed E-state index contributed by atoms with van der Waals surface area (Å²) in [5, 5.41) is 3.42. The van der Waals surface area contributed by atoms with Crippen molar-refractivity contribution in [2.45, 2.75) is 43.7 Å². The summed E-state index contributed by atoms with van der Waals surface area (Å²) in [6.07, 6.45) is 5.47. The number of nitrogens with one attached hydrogen (secondary N) is 1. The summed E-state index contributed by atoms with van der Waals surface area (Å²) in [6.45, 7) is 2.55. The van der Waals surface area contributed by atoms with E-state index in [-0.39, 0.29) is 0 Å². The van der Waals surface area contributed by atoms with Crippen molar-refractivity contribution in [1.29, 1.82) is 0 Å². The summed E-state index contributed by atoms with van der Waals surface area (Å²) in [4.78, 5) is 2.70. The standard InChI is InChI=1S/C16H24N2/c1-17-15-7-9-16(10-8-15)18-11-14(12-18)13-5-3-2-4-6-13/h2-6,14-17H,7-12H2,1H3. The second kappa shape index (κ2) is 5.41. The van der Waals surface area contributed by atoms with Crippen LogP contribution in [0.15, 0.2) is 30.3 Å². The highest BCUT2D eigenvalue weighted by atomic mass is 15.2. The van der Waals surface area contributed by atoms with E-state index in [2.05, 4.69) is 47.6 Å². The Balaban J connectivity index is 1.48. The fraction of sp³-hybridized carbons (Fsp3) is 0.625. The molecular weight excluding hydrogens is 220 g/mol. The first-order valence-electron chi connectivity index (χ1n) is 7.33. The third-order valence-corrected chi connectivity index (χ3v) is 4.80. The first-order chi connectivity index (χ1) is 8.86. The normalized spacial score (nSPS) is 30.1. The van der Waals surface area contributed by atoms with Crippen LogP contribution in [0.3, 0.4) is 0 Å². The molecule has 1 saturated heterocycles. The van der Waals surface area contributed by atoms with Crippen LogP contribution < -0.4 is 5.32 Å². The summed E-state index contributed by atoms with van der Waals surface area (Å²) in [5.74, 6) is 0.785. The molecule has 18 heavy (non-hydrogen) atoms. The maximum atomic E-state index is 3.42. The lowest BCUT2D eigenvalue weighted by atomic mass is 9.84. The second-order valence-corrected chi connectivity index (χ2v) is 5.86. The SMILES string of the molecule is CNC1CCC(N2CC(c3ccccc3)C2)CC1. The summed E-state index contributed by atoms with van der Waals surface area (Å²) in [7, 11) is 2.10. The Morgan fingerprint density at radius 2 is 1.67 bits per heavy atom. The zero-order valence-corrected chi connectivity index (χ0v) is 11.3. The van der Waals surface area contributed by atoms with Gasteiger partial charge < -0.3 is 5.32 Å². The molecule has 0 amide bonds. The third kappa shape index (κ3) is 2.45. The van der Waals surface area contributed by atoms with Crippen molar-refractivity contribution in [3.05, 3.63) is 35.9 Å². The number of benzene rings is 1. The Bertz CT molecular complexity index is 362. The van der Waals surface area contributed by atoms with Gasteiger partial charge in [0, 0.05) is 31.1 Å². The van der Waals surface area contributed by atoms with Crippen molar-refractivity contribution in [3.8, 4) is 0 Å². The van der Waals surface area contributed by atoms with E-state index >= 15 is 0 Å². The van der Waals surface area contributed by atoms with Gasteiger partial charge in [0.05, 0.1) is 0 Å².